The van der Waals surface area contributed by atoms with Gasteiger partial charge in [0.1, 0.15) is 11.3 Å². The van der Waals surface area contributed by atoms with Gasteiger partial charge in [0.2, 0.25) is 0 Å². The predicted molar refractivity (Wildman–Crippen MR) is 96.5 cm³/mol. The maximum absolute atomic E-state index is 10.0. The molecule has 0 fully saturated rings. The van der Waals surface area contributed by atoms with Crippen LogP contribution in [0.1, 0.15) is 25.1 Å². The second kappa shape index (κ2) is 6.65. The molecule has 0 radical (unpaired) electrons. The highest BCUT2D eigenvalue weighted by Gasteiger charge is 2.15. The first-order valence-electron chi connectivity index (χ1n) is 7.39. The first-order chi connectivity index (χ1) is 11.1. The Hall–Kier alpha value is -1.97. The van der Waals surface area contributed by atoms with Crippen molar-refractivity contribution >= 4 is 39.8 Å². The summed E-state index contributed by atoms with van der Waals surface area (Å²) in [6.07, 6.45) is 0.799. The summed E-state index contributed by atoms with van der Waals surface area (Å²) in [6.45, 7) is 2.05. The Bertz CT molecular complexity index is 831. The molecule has 0 spiro atoms. The Labute approximate surface area is 144 Å². The Balaban J connectivity index is 1.99. The van der Waals surface area contributed by atoms with Crippen molar-refractivity contribution in [2.45, 2.75) is 19.4 Å². The predicted octanol–water partition coefficient (Wildman–Crippen LogP) is 5.81. The van der Waals surface area contributed by atoms with E-state index in [4.69, 9.17) is 23.2 Å². The first-order valence-corrected chi connectivity index (χ1v) is 8.15. The highest BCUT2D eigenvalue weighted by Crippen LogP contribution is 2.34. The fourth-order valence-electron chi connectivity index (χ4n) is 2.54. The van der Waals surface area contributed by atoms with E-state index in [0.29, 0.717) is 21.2 Å². The number of anilines is 1. The molecule has 2 aromatic carbocycles. The lowest BCUT2D eigenvalue weighted by molar-refractivity contribution is 0.480. The van der Waals surface area contributed by atoms with E-state index >= 15 is 0 Å². The number of rotatable bonds is 4. The minimum Gasteiger partial charge on any atom is -0.506 e. The normalized spacial score (nSPS) is 12.3. The molecule has 3 rings (SSSR count). The van der Waals surface area contributed by atoms with Crippen molar-refractivity contribution in [3.8, 4) is 5.75 Å². The van der Waals surface area contributed by atoms with Gasteiger partial charge in [-0.2, -0.15) is 0 Å². The number of nitrogens with one attached hydrogen (secondary N) is 1. The number of pyridine rings is 1. The zero-order valence-electron chi connectivity index (χ0n) is 12.6. The van der Waals surface area contributed by atoms with Gasteiger partial charge in [-0.25, -0.2) is 4.98 Å². The van der Waals surface area contributed by atoms with Crippen molar-refractivity contribution in [3.05, 3.63) is 64.3 Å². The third-order valence-electron chi connectivity index (χ3n) is 3.77. The molecule has 118 valence electrons. The lowest BCUT2D eigenvalue weighted by atomic mass is 10.1. The molecule has 1 unspecified atom stereocenters. The number of para-hydroxylation sites is 2. The van der Waals surface area contributed by atoms with E-state index in [-0.39, 0.29) is 11.8 Å². The molecule has 3 nitrogen and oxygen atoms in total. The van der Waals surface area contributed by atoms with Crippen molar-refractivity contribution < 1.29 is 5.11 Å². The average molecular weight is 347 g/mol. The Morgan fingerprint density at radius 3 is 2.43 bits per heavy atom. The zero-order chi connectivity index (χ0) is 16.4. The number of phenols is 1. The van der Waals surface area contributed by atoms with Crippen LogP contribution in [0, 0.1) is 0 Å². The van der Waals surface area contributed by atoms with Crippen LogP contribution in [0.15, 0.2) is 48.5 Å². The lowest BCUT2D eigenvalue weighted by Crippen LogP contribution is -2.12. The van der Waals surface area contributed by atoms with Crippen LogP contribution in [0.25, 0.3) is 10.9 Å². The smallest absolute Gasteiger partial charge is 0.141 e. The molecular formula is C18H16Cl2N2O. The van der Waals surface area contributed by atoms with E-state index in [1.54, 1.807) is 24.3 Å². The second-order valence-corrected chi connectivity index (χ2v) is 6.10. The van der Waals surface area contributed by atoms with Crippen molar-refractivity contribution in [1.82, 2.24) is 4.98 Å². The average Bonchev–Trinajstić information content (AvgIpc) is 2.55. The number of aromatic hydroxyl groups is 1. The molecule has 0 saturated carbocycles. The second-order valence-electron chi connectivity index (χ2n) is 5.29. The molecule has 2 N–H and O–H groups in total. The third-order valence-corrected chi connectivity index (χ3v) is 4.40. The van der Waals surface area contributed by atoms with E-state index in [2.05, 4.69) is 17.2 Å². The molecule has 0 aliphatic heterocycles. The van der Waals surface area contributed by atoms with E-state index in [9.17, 15) is 5.11 Å². The summed E-state index contributed by atoms with van der Waals surface area (Å²) in [4.78, 5) is 4.60. The number of benzene rings is 2. The van der Waals surface area contributed by atoms with Crippen molar-refractivity contribution in [1.29, 1.82) is 0 Å². The highest BCUT2D eigenvalue weighted by molar-refractivity contribution is 6.39. The zero-order valence-corrected chi connectivity index (χ0v) is 14.1. The minimum absolute atomic E-state index is 0.0589. The van der Waals surface area contributed by atoms with E-state index in [1.165, 1.54) is 0 Å². The fourth-order valence-corrected chi connectivity index (χ4v) is 3.04. The number of nitrogens with zero attached hydrogens (tertiary/aromatic N) is 1. The van der Waals surface area contributed by atoms with Crippen molar-refractivity contribution in [3.63, 3.8) is 0 Å². The lowest BCUT2D eigenvalue weighted by Gasteiger charge is -2.20. The van der Waals surface area contributed by atoms with Crippen molar-refractivity contribution in [2.75, 3.05) is 5.32 Å². The highest BCUT2D eigenvalue weighted by atomic mass is 35.5. The van der Waals surface area contributed by atoms with Crippen LogP contribution in [0.5, 0.6) is 5.75 Å². The Morgan fingerprint density at radius 1 is 1.04 bits per heavy atom. The van der Waals surface area contributed by atoms with E-state index < -0.39 is 0 Å². The Morgan fingerprint density at radius 2 is 1.74 bits per heavy atom. The summed E-state index contributed by atoms with van der Waals surface area (Å²) in [5.74, 6) is 0.176. The quantitative estimate of drug-likeness (QED) is 0.626. The van der Waals surface area contributed by atoms with Gasteiger partial charge in [-0.1, -0.05) is 54.4 Å². The topological polar surface area (TPSA) is 45.1 Å². The monoisotopic (exact) mass is 346 g/mol. The van der Waals surface area contributed by atoms with Gasteiger partial charge in [0.15, 0.2) is 0 Å². The maximum atomic E-state index is 10.0. The number of phenolic OH excluding ortho intramolecular Hbond substituents is 1. The first kappa shape index (κ1) is 15.9. The van der Waals surface area contributed by atoms with E-state index in [1.807, 2.05) is 24.3 Å². The van der Waals surface area contributed by atoms with E-state index in [0.717, 1.165) is 17.5 Å². The van der Waals surface area contributed by atoms with Gasteiger partial charge in [-0.15, -0.1) is 0 Å². The van der Waals surface area contributed by atoms with Gasteiger partial charge >= 0.3 is 0 Å². The summed E-state index contributed by atoms with van der Waals surface area (Å²) in [5.41, 5.74) is 2.12. The van der Waals surface area contributed by atoms with Crippen LogP contribution >= 0.6 is 23.2 Å². The summed E-state index contributed by atoms with van der Waals surface area (Å²) in [5, 5.41) is 15.4. The van der Waals surface area contributed by atoms with Crippen LogP contribution in [0.3, 0.4) is 0 Å². The number of hydrogen-bond donors (Lipinski definition) is 2. The summed E-state index contributed by atoms with van der Waals surface area (Å²) in [7, 11) is 0. The number of halogens is 2. The molecule has 0 aliphatic rings. The standard InChI is InChI=1S/C18H16Cl2N2O/c1-2-14(21-18-12(19)6-4-7-13(18)20)15-10-9-11-5-3-8-16(23)17(11)22-15/h3-10,14,21,23H,2H2,1H3. The molecular weight excluding hydrogens is 331 g/mol. The van der Waals surface area contributed by atoms with Gasteiger partial charge in [0.25, 0.3) is 0 Å². The van der Waals surface area contributed by atoms with Gasteiger partial charge in [-0.3, -0.25) is 0 Å². The van der Waals surface area contributed by atoms with Crippen LogP contribution in [0.4, 0.5) is 5.69 Å². The van der Waals surface area contributed by atoms with Gasteiger partial charge in [-0.05, 0) is 30.7 Å². The van der Waals surface area contributed by atoms with Crippen LogP contribution in [-0.2, 0) is 0 Å². The summed E-state index contributed by atoms with van der Waals surface area (Å²) < 4.78 is 0. The van der Waals surface area contributed by atoms with Crippen LogP contribution < -0.4 is 5.32 Å². The Kier molecular flexibility index (Phi) is 4.60. The maximum Gasteiger partial charge on any atom is 0.141 e. The molecule has 3 aromatic rings. The SMILES string of the molecule is CCC(Nc1c(Cl)cccc1Cl)c1ccc2cccc(O)c2n1. The molecule has 5 heteroatoms. The summed E-state index contributed by atoms with van der Waals surface area (Å²) >= 11 is 12.5. The number of fused-ring (bicyclic) bond motifs is 1. The number of aromatic nitrogens is 1. The largest absolute Gasteiger partial charge is 0.506 e. The van der Waals surface area contributed by atoms with Crippen molar-refractivity contribution in [2.24, 2.45) is 0 Å². The van der Waals surface area contributed by atoms with Crippen LogP contribution in [-0.4, -0.2) is 10.1 Å². The number of hydrogen-bond acceptors (Lipinski definition) is 3. The molecule has 0 bridgehead atoms. The fraction of sp³-hybridized carbons (Fsp3) is 0.167. The molecule has 1 aromatic heterocycles. The minimum atomic E-state index is -0.0589. The van der Waals surface area contributed by atoms with Gasteiger partial charge in [0.05, 0.1) is 27.5 Å². The molecule has 0 saturated heterocycles. The molecule has 1 heterocycles. The van der Waals surface area contributed by atoms with Crippen LogP contribution in [0.2, 0.25) is 10.0 Å². The summed E-state index contributed by atoms with van der Waals surface area (Å²) in [6, 6.07) is 14.6. The molecule has 23 heavy (non-hydrogen) atoms. The molecule has 0 amide bonds. The molecule has 0 aliphatic carbocycles. The van der Waals surface area contributed by atoms with Gasteiger partial charge in [0, 0.05) is 5.39 Å². The van der Waals surface area contributed by atoms with Gasteiger partial charge < -0.3 is 10.4 Å². The third kappa shape index (κ3) is 3.21. The molecule has 1 atom stereocenters.